The van der Waals surface area contributed by atoms with E-state index in [0.29, 0.717) is 4.47 Å². The average Bonchev–Trinajstić information content (AvgIpc) is 2.79. The summed E-state index contributed by atoms with van der Waals surface area (Å²) in [5.74, 6) is -1.12. The number of aromatic nitrogens is 1. The van der Waals surface area contributed by atoms with Crippen molar-refractivity contribution in [2.24, 2.45) is 7.05 Å². The minimum absolute atomic E-state index is 0.0616. The van der Waals surface area contributed by atoms with E-state index >= 15 is 0 Å². The number of para-hydroxylation sites is 1. The molecule has 1 aromatic heterocycles. The number of halogens is 2. The van der Waals surface area contributed by atoms with Crippen molar-refractivity contribution in [1.29, 1.82) is 0 Å². The maximum atomic E-state index is 13.7. The van der Waals surface area contributed by atoms with Crippen molar-refractivity contribution in [2.75, 3.05) is 0 Å². The first-order valence-electron chi connectivity index (χ1n) is 6.73. The van der Waals surface area contributed by atoms with Crippen LogP contribution >= 0.6 is 15.9 Å². The van der Waals surface area contributed by atoms with E-state index in [1.54, 1.807) is 6.07 Å². The van der Waals surface area contributed by atoms with Gasteiger partial charge in [0.15, 0.2) is 11.6 Å². The average molecular weight is 362 g/mol. The summed E-state index contributed by atoms with van der Waals surface area (Å²) >= 11 is 3.16. The molecular weight excluding hydrogens is 349 g/mol. The van der Waals surface area contributed by atoms with Gasteiger partial charge in [-0.1, -0.05) is 34.1 Å². The van der Waals surface area contributed by atoms with Crippen LogP contribution in [0.4, 0.5) is 4.39 Å². The molecule has 0 fully saturated rings. The van der Waals surface area contributed by atoms with Crippen LogP contribution in [0.2, 0.25) is 0 Å². The summed E-state index contributed by atoms with van der Waals surface area (Å²) in [6.07, 6.45) is 1.99. The van der Waals surface area contributed by atoms with Crippen LogP contribution < -0.4 is 4.74 Å². The third-order valence-corrected chi connectivity index (χ3v) is 3.93. The Kier molecular flexibility index (Phi) is 3.98. The van der Waals surface area contributed by atoms with Gasteiger partial charge in [-0.25, -0.2) is 4.39 Å². The molecule has 0 saturated carbocycles. The molecule has 0 spiro atoms. The summed E-state index contributed by atoms with van der Waals surface area (Å²) in [4.78, 5) is 12.1. The van der Waals surface area contributed by atoms with Crippen LogP contribution in [0.3, 0.4) is 0 Å². The molecule has 112 valence electrons. The Morgan fingerprint density at radius 3 is 2.82 bits per heavy atom. The van der Waals surface area contributed by atoms with E-state index in [2.05, 4.69) is 15.9 Å². The zero-order chi connectivity index (χ0) is 15.7. The second kappa shape index (κ2) is 5.93. The molecule has 0 aliphatic rings. The standard InChI is InChI=1S/C17H13BrFNO2/c1-20-10-11(13-4-2-3-5-15(13)20)8-17(21)22-16-7-6-12(18)9-14(16)19/h2-7,9-10H,8H2,1H3. The van der Waals surface area contributed by atoms with Gasteiger partial charge < -0.3 is 9.30 Å². The molecular formula is C17H13BrFNO2. The van der Waals surface area contributed by atoms with Crippen molar-refractivity contribution >= 4 is 32.8 Å². The zero-order valence-corrected chi connectivity index (χ0v) is 13.4. The Hall–Kier alpha value is -2.14. The van der Waals surface area contributed by atoms with E-state index in [9.17, 15) is 9.18 Å². The molecule has 1 heterocycles. The Morgan fingerprint density at radius 2 is 2.05 bits per heavy atom. The molecule has 3 rings (SSSR count). The van der Waals surface area contributed by atoms with Crippen LogP contribution in [-0.2, 0) is 18.3 Å². The minimum atomic E-state index is -0.569. The smallest absolute Gasteiger partial charge is 0.315 e. The fraction of sp³-hybridized carbons (Fsp3) is 0.118. The Labute approximate surface area is 135 Å². The van der Waals surface area contributed by atoms with Crippen molar-refractivity contribution in [3.05, 3.63) is 64.5 Å². The Bertz CT molecular complexity index is 857. The van der Waals surface area contributed by atoms with Gasteiger partial charge in [0.05, 0.1) is 6.42 Å². The molecule has 0 amide bonds. The van der Waals surface area contributed by atoms with E-state index in [-0.39, 0.29) is 12.2 Å². The van der Waals surface area contributed by atoms with Crippen molar-refractivity contribution in [2.45, 2.75) is 6.42 Å². The summed E-state index contributed by atoms with van der Waals surface area (Å²) < 4.78 is 21.4. The first-order chi connectivity index (χ1) is 10.5. The fourth-order valence-corrected chi connectivity index (χ4v) is 2.77. The zero-order valence-electron chi connectivity index (χ0n) is 11.8. The number of carbonyl (C=O) groups is 1. The molecule has 2 aromatic carbocycles. The lowest BCUT2D eigenvalue weighted by molar-refractivity contribution is -0.133. The second-order valence-electron chi connectivity index (χ2n) is 5.01. The van der Waals surface area contributed by atoms with Gasteiger partial charge in [0.2, 0.25) is 0 Å². The molecule has 0 N–H and O–H groups in total. The number of hydrogen-bond donors (Lipinski definition) is 0. The van der Waals surface area contributed by atoms with Gasteiger partial charge >= 0.3 is 5.97 Å². The predicted molar refractivity (Wildman–Crippen MR) is 86.4 cm³/mol. The van der Waals surface area contributed by atoms with Crippen LogP contribution in [0.5, 0.6) is 5.75 Å². The van der Waals surface area contributed by atoms with Crippen molar-refractivity contribution in [3.63, 3.8) is 0 Å². The van der Waals surface area contributed by atoms with Gasteiger partial charge in [-0.2, -0.15) is 0 Å². The van der Waals surface area contributed by atoms with Crippen LogP contribution in [0.25, 0.3) is 10.9 Å². The van der Waals surface area contributed by atoms with Gasteiger partial charge in [0.1, 0.15) is 0 Å². The van der Waals surface area contributed by atoms with Crippen LogP contribution in [0, 0.1) is 5.82 Å². The topological polar surface area (TPSA) is 31.2 Å². The molecule has 0 radical (unpaired) electrons. The highest BCUT2D eigenvalue weighted by atomic mass is 79.9. The van der Waals surface area contributed by atoms with Crippen molar-refractivity contribution in [3.8, 4) is 5.75 Å². The highest BCUT2D eigenvalue weighted by Crippen LogP contribution is 2.24. The molecule has 3 nitrogen and oxygen atoms in total. The van der Waals surface area contributed by atoms with Gasteiger partial charge in [-0.3, -0.25) is 4.79 Å². The first-order valence-corrected chi connectivity index (χ1v) is 7.52. The summed E-state index contributed by atoms with van der Waals surface area (Å²) in [5.41, 5.74) is 1.90. The van der Waals surface area contributed by atoms with Gasteiger partial charge in [-0.15, -0.1) is 0 Å². The molecule has 0 aliphatic heterocycles. The Morgan fingerprint density at radius 1 is 1.27 bits per heavy atom. The highest BCUT2D eigenvalue weighted by Gasteiger charge is 2.14. The largest absolute Gasteiger partial charge is 0.423 e. The molecule has 3 aromatic rings. The maximum Gasteiger partial charge on any atom is 0.315 e. The van der Waals surface area contributed by atoms with E-state index < -0.39 is 11.8 Å². The number of ether oxygens (including phenoxy) is 1. The molecule has 0 saturated heterocycles. The molecule has 0 bridgehead atoms. The Balaban J connectivity index is 1.81. The quantitative estimate of drug-likeness (QED) is 0.516. The predicted octanol–water partition coefficient (Wildman–Crippen LogP) is 4.23. The normalized spacial score (nSPS) is 10.9. The van der Waals surface area contributed by atoms with E-state index in [1.807, 2.05) is 42.1 Å². The van der Waals surface area contributed by atoms with E-state index in [1.165, 1.54) is 12.1 Å². The number of hydrogen-bond acceptors (Lipinski definition) is 2. The van der Waals surface area contributed by atoms with Gasteiger partial charge in [-0.05, 0) is 29.8 Å². The van der Waals surface area contributed by atoms with E-state index in [4.69, 9.17) is 4.74 Å². The van der Waals surface area contributed by atoms with Crippen LogP contribution in [-0.4, -0.2) is 10.5 Å². The number of nitrogens with zero attached hydrogens (tertiary/aromatic N) is 1. The first kappa shape index (κ1) is 14.8. The molecule has 0 atom stereocenters. The number of carbonyl (C=O) groups excluding carboxylic acids is 1. The van der Waals surface area contributed by atoms with Crippen LogP contribution in [0.1, 0.15) is 5.56 Å². The van der Waals surface area contributed by atoms with Crippen molar-refractivity contribution < 1.29 is 13.9 Å². The van der Waals surface area contributed by atoms with Gasteiger partial charge in [0, 0.05) is 28.6 Å². The monoisotopic (exact) mass is 361 g/mol. The third kappa shape index (κ3) is 2.90. The van der Waals surface area contributed by atoms with Gasteiger partial charge in [0.25, 0.3) is 0 Å². The SMILES string of the molecule is Cn1cc(CC(=O)Oc2ccc(Br)cc2F)c2ccccc21. The lowest BCUT2D eigenvalue weighted by atomic mass is 10.1. The van der Waals surface area contributed by atoms with Crippen LogP contribution in [0.15, 0.2) is 53.1 Å². The number of esters is 1. The molecule has 22 heavy (non-hydrogen) atoms. The van der Waals surface area contributed by atoms with Crippen molar-refractivity contribution in [1.82, 2.24) is 4.57 Å². The van der Waals surface area contributed by atoms with E-state index in [0.717, 1.165) is 16.5 Å². The maximum absolute atomic E-state index is 13.7. The summed E-state index contributed by atoms with van der Waals surface area (Å²) in [6.45, 7) is 0. The highest BCUT2D eigenvalue weighted by molar-refractivity contribution is 9.10. The summed E-state index contributed by atoms with van der Waals surface area (Å²) in [7, 11) is 1.92. The summed E-state index contributed by atoms with van der Waals surface area (Å²) in [6, 6.07) is 12.1. The summed E-state index contributed by atoms with van der Waals surface area (Å²) in [5, 5.41) is 0.998. The third-order valence-electron chi connectivity index (χ3n) is 3.43. The molecule has 5 heteroatoms. The lowest BCUT2D eigenvalue weighted by Gasteiger charge is -2.05. The lowest BCUT2D eigenvalue weighted by Crippen LogP contribution is -2.12. The number of rotatable bonds is 3. The number of benzene rings is 2. The minimum Gasteiger partial charge on any atom is -0.423 e. The second-order valence-corrected chi connectivity index (χ2v) is 5.92. The fourth-order valence-electron chi connectivity index (χ4n) is 2.44. The molecule has 0 aliphatic carbocycles. The molecule has 0 unspecified atom stereocenters. The number of aryl methyl sites for hydroxylation is 1. The number of fused-ring (bicyclic) bond motifs is 1.